The van der Waals surface area contributed by atoms with Crippen LogP contribution in [0.4, 0.5) is 0 Å². The molecule has 3 rings (SSSR count). The SMILES string of the molecule is CCOC(=O)c1c(CSC2CCCCC2)n(C)c2cc(Br)c(OC(C)=O)cc12. The third kappa shape index (κ3) is 4.57. The van der Waals surface area contributed by atoms with E-state index >= 15 is 0 Å². The number of fused-ring (bicyclic) bond motifs is 1. The number of aryl methyl sites for hydroxylation is 1. The molecule has 1 heterocycles. The fourth-order valence-electron chi connectivity index (χ4n) is 3.75. The Bertz CT molecular complexity index is 886. The first-order valence-corrected chi connectivity index (χ1v) is 11.5. The second-order valence-corrected chi connectivity index (χ2v) is 9.21. The zero-order valence-electron chi connectivity index (χ0n) is 16.5. The highest BCUT2D eigenvalue weighted by Gasteiger charge is 2.25. The molecular weight excluding hydrogens is 442 g/mol. The molecule has 0 atom stereocenters. The van der Waals surface area contributed by atoms with Crippen LogP contribution in [0.1, 0.15) is 62.0 Å². The van der Waals surface area contributed by atoms with E-state index in [1.54, 1.807) is 13.0 Å². The zero-order chi connectivity index (χ0) is 20.3. The van der Waals surface area contributed by atoms with Gasteiger partial charge < -0.3 is 14.0 Å². The Morgan fingerprint density at radius 3 is 2.61 bits per heavy atom. The van der Waals surface area contributed by atoms with E-state index in [4.69, 9.17) is 9.47 Å². The summed E-state index contributed by atoms with van der Waals surface area (Å²) in [6.07, 6.45) is 6.38. The zero-order valence-corrected chi connectivity index (χ0v) is 19.0. The van der Waals surface area contributed by atoms with Crippen molar-refractivity contribution in [2.45, 2.75) is 57.0 Å². The second-order valence-electron chi connectivity index (χ2n) is 7.07. The van der Waals surface area contributed by atoms with Crippen molar-refractivity contribution in [1.82, 2.24) is 4.57 Å². The maximum absolute atomic E-state index is 12.8. The molecule has 7 heteroatoms. The number of esters is 2. The molecule has 1 saturated carbocycles. The molecule has 0 radical (unpaired) electrons. The number of aromatic nitrogens is 1. The number of carbonyl (C=O) groups is 2. The number of halogens is 1. The first kappa shape index (κ1) is 21.2. The van der Waals surface area contributed by atoms with E-state index in [9.17, 15) is 9.59 Å². The lowest BCUT2D eigenvalue weighted by Crippen LogP contribution is -2.11. The van der Waals surface area contributed by atoms with Crippen molar-refractivity contribution in [2.75, 3.05) is 6.61 Å². The largest absolute Gasteiger partial charge is 0.462 e. The minimum Gasteiger partial charge on any atom is -0.462 e. The quantitative estimate of drug-likeness (QED) is 0.408. The molecule has 1 aromatic carbocycles. The molecule has 2 aromatic rings. The second kappa shape index (κ2) is 9.35. The fourth-order valence-corrected chi connectivity index (χ4v) is 5.56. The van der Waals surface area contributed by atoms with Gasteiger partial charge in [-0.25, -0.2) is 4.79 Å². The molecule has 5 nitrogen and oxygen atoms in total. The number of nitrogens with zero attached hydrogens (tertiary/aromatic N) is 1. The summed E-state index contributed by atoms with van der Waals surface area (Å²) in [5.74, 6) is 0.428. The fraction of sp³-hybridized carbons (Fsp3) is 0.524. The van der Waals surface area contributed by atoms with Gasteiger partial charge in [0.2, 0.25) is 0 Å². The predicted octanol–water partition coefficient (Wildman–Crippen LogP) is 5.61. The highest BCUT2D eigenvalue weighted by molar-refractivity contribution is 9.10. The Labute approximate surface area is 178 Å². The molecule has 0 saturated heterocycles. The molecule has 0 amide bonds. The molecule has 1 aromatic heterocycles. The lowest BCUT2D eigenvalue weighted by Gasteiger charge is -2.21. The highest BCUT2D eigenvalue weighted by Crippen LogP contribution is 2.38. The molecule has 0 bridgehead atoms. The van der Waals surface area contributed by atoms with Crippen LogP contribution in [-0.4, -0.2) is 28.4 Å². The summed E-state index contributed by atoms with van der Waals surface area (Å²) in [6, 6.07) is 3.65. The van der Waals surface area contributed by atoms with Crippen molar-refractivity contribution < 1.29 is 19.1 Å². The Kier molecular flexibility index (Phi) is 7.10. The van der Waals surface area contributed by atoms with Gasteiger partial charge in [-0.15, -0.1) is 0 Å². The van der Waals surface area contributed by atoms with Crippen molar-refractivity contribution >= 4 is 50.5 Å². The maximum atomic E-state index is 12.8. The molecule has 0 N–H and O–H groups in total. The van der Waals surface area contributed by atoms with Crippen LogP contribution in [0.25, 0.3) is 10.9 Å². The van der Waals surface area contributed by atoms with Gasteiger partial charge in [0, 0.05) is 36.1 Å². The molecule has 28 heavy (non-hydrogen) atoms. The normalized spacial score (nSPS) is 15.0. The number of hydrogen-bond donors (Lipinski definition) is 0. The Morgan fingerprint density at radius 2 is 1.96 bits per heavy atom. The van der Waals surface area contributed by atoms with Crippen molar-refractivity contribution in [2.24, 2.45) is 7.05 Å². The van der Waals surface area contributed by atoms with Gasteiger partial charge >= 0.3 is 11.9 Å². The molecule has 1 fully saturated rings. The third-order valence-corrected chi connectivity index (χ3v) is 7.12. The highest BCUT2D eigenvalue weighted by atomic mass is 79.9. The number of rotatable bonds is 6. The Morgan fingerprint density at radius 1 is 1.25 bits per heavy atom. The third-order valence-electron chi connectivity index (χ3n) is 5.12. The predicted molar refractivity (Wildman–Crippen MR) is 116 cm³/mol. The average molecular weight is 468 g/mol. The van der Waals surface area contributed by atoms with Gasteiger partial charge in [0.05, 0.1) is 22.2 Å². The lowest BCUT2D eigenvalue weighted by atomic mass is 10.0. The van der Waals surface area contributed by atoms with Gasteiger partial charge in [-0.2, -0.15) is 11.8 Å². The van der Waals surface area contributed by atoms with Crippen molar-refractivity contribution in [3.8, 4) is 5.75 Å². The molecule has 0 aliphatic heterocycles. The van der Waals surface area contributed by atoms with Crippen LogP contribution in [0, 0.1) is 0 Å². The van der Waals surface area contributed by atoms with Gasteiger partial charge in [0.15, 0.2) is 0 Å². The van der Waals surface area contributed by atoms with Gasteiger partial charge in [-0.3, -0.25) is 4.79 Å². The average Bonchev–Trinajstić information content (AvgIpc) is 2.92. The minimum absolute atomic E-state index is 0.317. The summed E-state index contributed by atoms with van der Waals surface area (Å²) in [7, 11) is 1.97. The van der Waals surface area contributed by atoms with Crippen molar-refractivity contribution in [3.63, 3.8) is 0 Å². The Balaban J connectivity index is 2.04. The first-order valence-electron chi connectivity index (χ1n) is 9.70. The molecule has 152 valence electrons. The van der Waals surface area contributed by atoms with Crippen LogP contribution in [0.3, 0.4) is 0 Å². The topological polar surface area (TPSA) is 57.5 Å². The number of ether oxygens (including phenoxy) is 2. The summed E-state index contributed by atoms with van der Waals surface area (Å²) in [5, 5.41) is 1.39. The van der Waals surface area contributed by atoms with Crippen LogP contribution < -0.4 is 4.74 Å². The van der Waals surface area contributed by atoms with Crippen molar-refractivity contribution in [1.29, 1.82) is 0 Å². The van der Waals surface area contributed by atoms with E-state index in [1.807, 2.05) is 24.9 Å². The van der Waals surface area contributed by atoms with Crippen LogP contribution in [0.2, 0.25) is 0 Å². The van der Waals surface area contributed by atoms with E-state index in [0.29, 0.717) is 27.6 Å². The lowest BCUT2D eigenvalue weighted by molar-refractivity contribution is -0.131. The molecule has 0 unspecified atom stereocenters. The van der Waals surface area contributed by atoms with Gasteiger partial charge in [0.25, 0.3) is 0 Å². The van der Waals surface area contributed by atoms with Gasteiger partial charge in [0.1, 0.15) is 5.75 Å². The summed E-state index contributed by atoms with van der Waals surface area (Å²) >= 11 is 5.39. The smallest absolute Gasteiger partial charge is 0.340 e. The summed E-state index contributed by atoms with van der Waals surface area (Å²) < 4.78 is 13.4. The summed E-state index contributed by atoms with van der Waals surface area (Å²) in [6.45, 7) is 3.48. The minimum atomic E-state index is -0.401. The standard InChI is InChI=1S/C21H26BrNO4S/c1-4-26-21(25)20-15-10-19(27-13(2)24)16(22)11-17(15)23(3)18(20)12-28-14-8-6-5-7-9-14/h10-11,14H,4-9,12H2,1-3H3. The van der Waals surface area contributed by atoms with Crippen LogP contribution >= 0.6 is 27.7 Å². The van der Waals surface area contributed by atoms with E-state index < -0.39 is 5.97 Å². The molecular formula is C21H26BrNO4S. The number of thioether (sulfide) groups is 1. The molecule has 1 aliphatic rings. The van der Waals surface area contributed by atoms with Crippen LogP contribution in [0.15, 0.2) is 16.6 Å². The van der Waals surface area contributed by atoms with Crippen LogP contribution in [-0.2, 0) is 22.3 Å². The first-order chi connectivity index (χ1) is 13.4. The number of carbonyl (C=O) groups excluding carboxylic acids is 2. The number of benzene rings is 1. The summed E-state index contributed by atoms with van der Waals surface area (Å²) in [4.78, 5) is 24.2. The van der Waals surface area contributed by atoms with E-state index in [0.717, 1.165) is 22.3 Å². The molecule has 0 spiro atoms. The van der Waals surface area contributed by atoms with Gasteiger partial charge in [-0.1, -0.05) is 19.3 Å². The maximum Gasteiger partial charge on any atom is 0.340 e. The van der Waals surface area contributed by atoms with Crippen LogP contribution in [0.5, 0.6) is 5.75 Å². The summed E-state index contributed by atoms with van der Waals surface area (Å²) in [5.41, 5.74) is 2.43. The Hall–Kier alpha value is -1.47. The van der Waals surface area contributed by atoms with E-state index in [1.165, 1.54) is 39.0 Å². The number of hydrogen-bond acceptors (Lipinski definition) is 5. The molecule has 1 aliphatic carbocycles. The van der Waals surface area contributed by atoms with E-state index in [-0.39, 0.29) is 5.97 Å². The van der Waals surface area contributed by atoms with E-state index in [2.05, 4.69) is 20.5 Å². The van der Waals surface area contributed by atoms with Crippen molar-refractivity contribution in [3.05, 3.63) is 27.9 Å². The van der Waals surface area contributed by atoms with Gasteiger partial charge in [-0.05, 0) is 47.8 Å². The monoisotopic (exact) mass is 467 g/mol.